The molecule has 25 heavy (non-hydrogen) atoms. The summed E-state index contributed by atoms with van der Waals surface area (Å²) in [5.41, 5.74) is 0.00656. The maximum absolute atomic E-state index is 12.3. The van der Waals surface area contributed by atoms with Crippen LogP contribution in [0.5, 0.6) is 5.75 Å². The summed E-state index contributed by atoms with van der Waals surface area (Å²) in [4.78, 5) is 26.7. The van der Waals surface area contributed by atoms with Crippen LogP contribution in [0.25, 0.3) is 0 Å². The second kappa shape index (κ2) is 8.98. The van der Waals surface area contributed by atoms with Crippen LogP contribution < -0.4 is 10.1 Å². The van der Waals surface area contributed by atoms with Gasteiger partial charge in [0, 0.05) is 57.4 Å². The summed E-state index contributed by atoms with van der Waals surface area (Å²) >= 11 is 0. The third-order valence-electron chi connectivity index (χ3n) is 4.59. The molecule has 0 bridgehead atoms. The van der Waals surface area contributed by atoms with Crippen LogP contribution in [0.4, 0.5) is 5.69 Å². The number of likely N-dealkylation sites (tertiary alicyclic amines) is 1. The van der Waals surface area contributed by atoms with E-state index in [1.165, 1.54) is 24.3 Å². The number of rotatable bonds is 5. The van der Waals surface area contributed by atoms with Gasteiger partial charge >= 0.3 is 0 Å². The minimum Gasteiger partial charge on any atom is -0.484 e. The van der Waals surface area contributed by atoms with E-state index >= 15 is 0 Å². The lowest BCUT2D eigenvalue weighted by Gasteiger charge is -2.32. The van der Waals surface area contributed by atoms with Gasteiger partial charge in [-0.25, -0.2) is 0 Å². The molecule has 1 aromatic carbocycles. The molecule has 1 aromatic rings. The fourth-order valence-corrected chi connectivity index (χ4v) is 3.21. The maximum atomic E-state index is 12.3. The van der Waals surface area contributed by atoms with Crippen molar-refractivity contribution in [1.82, 2.24) is 15.1 Å². The van der Waals surface area contributed by atoms with Crippen molar-refractivity contribution in [1.29, 1.82) is 0 Å². The molecule has 138 valence electrons. The van der Waals surface area contributed by atoms with Crippen LogP contribution >= 0.6 is 12.4 Å². The van der Waals surface area contributed by atoms with E-state index in [9.17, 15) is 14.9 Å². The number of halogens is 1. The fourth-order valence-electron chi connectivity index (χ4n) is 3.21. The Morgan fingerprint density at radius 3 is 2.56 bits per heavy atom. The van der Waals surface area contributed by atoms with Crippen LogP contribution in [-0.4, -0.2) is 72.5 Å². The Labute approximate surface area is 152 Å². The molecular weight excluding hydrogens is 348 g/mol. The number of piperazine rings is 1. The van der Waals surface area contributed by atoms with E-state index in [-0.39, 0.29) is 30.6 Å². The lowest BCUT2D eigenvalue weighted by molar-refractivity contribution is -0.384. The highest BCUT2D eigenvalue weighted by Crippen LogP contribution is 2.19. The van der Waals surface area contributed by atoms with Gasteiger partial charge in [-0.2, -0.15) is 0 Å². The molecule has 2 saturated heterocycles. The summed E-state index contributed by atoms with van der Waals surface area (Å²) in [5, 5.41) is 13.9. The van der Waals surface area contributed by atoms with Gasteiger partial charge in [0.05, 0.1) is 4.92 Å². The number of hydrogen-bond acceptors (Lipinski definition) is 6. The van der Waals surface area contributed by atoms with Crippen molar-refractivity contribution >= 4 is 24.0 Å². The molecule has 0 aliphatic carbocycles. The molecular formula is C16H23ClN4O4. The number of benzene rings is 1. The quantitative estimate of drug-likeness (QED) is 0.612. The second-order valence-electron chi connectivity index (χ2n) is 6.11. The van der Waals surface area contributed by atoms with Gasteiger partial charge in [0.2, 0.25) is 0 Å². The highest BCUT2D eigenvalue weighted by Gasteiger charge is 2.30. The largest absolute Gasteiger partial charge is 0.484 e. The molecule has 0 aromatic heterocycles. The van der Waals surface area contributed by atoms with Crippen molar-refractivity contribution in [2.24, 2.45) is 0 Å². The molecule has 2 heterocycles. The summed E-state index contributed by atoms with van der Waals surface area (Å²) in [5.74, 6) is 0.429. The van der Waals surface area contributed by atoms with Crippen molar-refractivity contribution in [2.45, 2.75) is 12.5 Å². The van der Waals surface area contributed by atoms with E-state index < -0.39 is 4.92 Å². The van der Waals surface area contributed by atoms with Crippen molar-refractivity contribution in [3.05, 3.63) is 34.4 Å². The number of hydrogen-bond donors (Lipinski definition) is 1. The molecule has 2 aliphatic heterocycles. The van der Waals surface area contributed by atoms with Crippen LogP contribution in [0, 0.1) is 10.1 Å². The highest BCUT2D eigenvalue weighted by molar-refractivity contribution is 5.85. The molecule has 3 rings (SSSR count). The number of nitro benzene ring substituents is 1. The van der Waals surface area contributed by atoms with Gasteiger partial charge in [-0.15, -0.1) is 12.4 Å². The van der Waals surface area contributed by atoms with E-state index in [2.05, 4.69) is 10.2 Å². The molecule has 1 N–H and O–H groups in total. The number of non-ortho nitro benzene ring substituents is 1. The Morgan fingerprint density at radius 2 is 1.92 bits per heavy atom. The SMILES string of the molecule is Cl.O=C(COc1ccc([N+](=O)[O-])cc1)N1CCC(N2CCNCC2)C1. The predicted molar refractivity (Wildman–Crippen MR) is 95.3 cm³/mol. The number of carbonyl (C=O) groups is 1. The average Bonchev–Trinajstić information content (AvgIpc) is 3.11. The van der Waals surface area contributed by atoms with Gasteiger partial charge in [-0.1, -0.05) is 0 Å². The highest BCUT2D eigenvalue weighted by atomic mass is 35.5. The van der Waals surface area contributed by atoms with Gasteiger partial charge < -0.3 is 15.0 Å². The Balaban J connectivity index is 0.00000225. The summed E-state index contributed by atoms with van der Waals surface area (Å²) in [6, 6.07) is 6.21. The lowest BCUT2D eigenvalue weighted by Crippen LogP contribution is -2.49. The molecule has 2 fully saturated rings. The zero-order valence-corrected chi connectivity index (χ0v) is 14.7. The number of carbonyl (C=O) groups excluding carboxylic acids is 1. The Kier molecular flexibility index (Phi) is 6.98. The number of nitro groups is 1. The van der Waals surface area contributed by atoms with Crippen molar-refractivity contribution < 1.29 is 14.5 Å². The molecule has 0 radical (unpaired) electrons. The summed E-state index contributed by atoms with van der Waals surface area (Å²) < 4.78 is 5.46. The first-order chi connectivity index (χ1) is 11.6. The zero-order valence-electron chi connectivity index (χ0n) is 13.9. The molecule has 0 saturated carbocycles. The molecule has 9 heteroatoms. The maximum Gasteiger partial charge on any atom is 0.269 e. The Bertz CT molecular complexity index is 592. The molecule has 1 atom stereocenters. The third-order valence-corrected chi connectivity index (χ3v) is 4.59. The average molecular weight is 371 g/mol. The third kappa shape index (κ3) is 5.04. The monoisotopic (exact) mass is 370 g/mol. The summed E-state index contributed by atoms with van der Waals surface area (Å²) in [6.07, 6.45) is 1.00. The van der Waals surface area contributed by atoms with Crippen LogP contribution in [0.2, 0.25) is 0 Å². The zero-order chi connectivity index (χ0) is 16.9. The number of amides is 1. The van der Waals surface area contributed by atoms with Gasteiger partial charge in [0.1, 0.15) is 5.75 Å². The molecule has 8 nitrogen and oxygen atoms in total. The van der Waals surface area contributed by atoms with Crippen LogP contribution in [0.3, 0.4) is 0 Å². The molecule has 0 spiro atoms. The van der Waals surface area contributed by atoms with Gasteiger partial charge in [-0.3, -0.25) is 19.8 Å². The standard InChI is InChI=1S/C16H22N4O4.ClH/c21-16(12-24-15-3-1-13(2-4-15)20(22)23)19-8-5-14(11-19)18-9-6-17-7-10-18;/h1-4,14,17H,5-12H2;1H. The molecule has 1 unspecified atom stereocenters. The number of nitrogens with one attached hydrogen (secondary N) is 1. The first kappa shape index (κ1) is 19.4. The van der Waals surface area contributed by atoms with E-state index in [1.54, 1.807) is 0 Å². The Hall–Kier alpha value is -1.90. The van der Waals surface area contributed by atoms with E-state index in [1.807, 2.05) is 4.90 Å². The van der Waals surface area contributed by atoms with E-state index in [0.717, 1.165) is 45.7 Å². The van der Waals surface area contributed by atoms with E-state index in [4.69, 9.17) is 4.74 Å². The fraction of sp³-hybridized carbons (Fsp3) is 0.562. The first-order valence-electron chi connectivity index (χ1n) is 8.23. The number of ether oxygens (including phenoxy) is 1. The van der Waals surface area contributed by atoms with Crippen LogP contribution in [0.1, 0.15) is 6.42 Å². The topological polar surface area (TPSA) is 87.9 Å². The summed E-state index contributed by atoms with van der Waals surface area (Å²) in [6.45, 7) is 5.56. The summed E-state index contributed by atoms with van der Waals surface area (Å²) in [7, 11) is 0. The van der Waals surface area contributed by atoms with Crippen molar-refractivity contribution in [3.63, 3.8) is 0 Å². The lowest BCUT2D eigenvalue weighted by atomic mass is 10.2. The predicted octanol–water partition coefficient (Wildman–Crippen LogP) is 0.901. The minimum absolute atomic E-state index is 0. The number of nitrogens with zero attached hydrogens (tertiary/aromatic N) is 3. The van der Waals surface area contributed by atoms with Crippen LogP contribution in [0.15, 0.2) is 24.3 Å². The molecule has 2 aliphatic rings. The van der Waals surface area contributed by atoms with Gasteiger partial charge in [0.15, 0.2) is 6.61 Å². The smallest absolute Gasteiger partial charge is 0.269 e. The normalized spacial score (nSPS) is 20.8. The van der Waals surface area contributed by atoms with Crippen LogP contribution in [-0.2, 0) is 4.79 Å². The van der Waals surface area contributed by atoms with E-state index in [0.29, 0.717) is 11.8 Å². The minimum atomic E-state index is -0.463. The van der Waals surface area contributed by atoms with Crippen molar-refractivity contribution in [3.8, 4) is 5.75 Å². The molecule has 1 amide bonds. The first-order valence-corrected chi connectivity index (χ1v) is 8.23. The Morgan fingerprint density at radius 1 is 1.24 bits per heavy atom. The van der Waals surface area contributed by atoms with Gasteiger partial charge in [0.25, 0.3) is 11.6 Å². The second-order valence-corrected chi connectivity index (χ2v) is 6.11. The van der Waals surface area contributed by atoms with Gasteiger partial charge in [-0.05, 0) is 18.6 Å². The van der Waals surface area contributed by atoms with Crippen molar-refractivity contribution in [2.75, 3.05) is 45.9 Å².